The molecule has 1 aliphatic heterocycles. The number of nitrogens with one attached hydrogen (secondary N) is 1. The zero-order chi connectivity index (χ0) is 27.0. The van der Waals surface area contributed by atoms with E-state index >= 15 is 0 Å². The van der Waals surface area contributed by atoms with Gasteiger partial charge in [-0.25, -0.2) is 29.4 Å². The highest BCUT2D eigenvalue weighted by Crippen LogP contribution is 2.35. The minimum atomic E-state index is -5.16. The van der Waals surface area contributed by atoms with E-state index in [4.69, 9.17) is 5.11 Å². The van der Waals surface area contributed by atoms with E-state index in [1.54, 1.807) is 0 Å². The third-order valence-electron chi connectivity index (χ3n) is 5.03. The summed E-state index contributed by atoms with van der Waals surface area (Å²) in [4.78, 5) is 39.2. The molecule has 0 aliphatic carbocycles. The third-order valence-corrected chi connectivity index (χ3v) is 5.03. The van der Waals surface area contributed by atoms with E-state index < -0.39 is 53.2 Å². The van der Waals surface area contributed by atoms with Gasteiger partial charge in [-0.2, -0.15) is 26.3 Å². The molecule has 0 bridgehead atoms. The monoisotopic (exact) mass is 528 g/mol. The minimum Gasteiger partial charge on any atom is -0.465 e. The van der Waals surface area contributed by atoms with Crippen molar-refractivity contribution in [2.45, 2.75) is 18.4 Å². The van der Waals surface area contributed by atoms with Crippen LogP contribution in [-0.2, 0) is 17.1 Å². The molecule has 2 amide bonds. The highest BCUT2D eigenvalue weighted by Gasteiger charge is 2.39. The first-order valence-electron chi connectivity index (χ1n) is 10.1. The molecular formula is C20H14F6N8O3. The molecule has 1 aliphatic rings. The molecule has 0 unspecified atom stereocenters. The van der Waals surface area contributed by atoms with Crippen molar-refractivity contribution in [2.24, 2.45) is 0 Å². The molecule has 1 saturated heterocycles. The van der Waals surface area contributed by atoms with E-state index in [1.165, 1.54) is 23.6 Å². The topological polar surface area (TPSA) is 139 Å². The highest BCUT2D eigenvalue weighted by atomic mass is 19.4. The minimum absolute atomic E-state index is 0.0347. The Morgan fingerprint density at radius 1 is 1.03 bits per heavy atom. The molecule has 2 N–H and O–H groups in total. The normalized spacial score (nSPS) is 14.9. The maximum Gasteiger partial charge on any atom is 0.433 e. The average Bonchev–Trinajstić information content (AvgIpc) is 3.27. The average molecular weight is 528 g/mol. The quantitative estimate of drug-likeness (QED) is 0.381. The van der Waals surface area contributed by atoms with E-state index in [-0.39, 0.29) is 24.2 Å². The van der Waals surface area contributed by atoms with Gasteiger partial charge in [-0.15, -0.1) is 5.10 Å². The summed E-state index contributed by atoms with van der Waals surface area (Å²) >= 11 is 0. The predicted octanol–water partition coefficient (Wildman–Crippen LogP) is 2.64. The zero-order valence-electron chi connectivity index (χ0n) is 18.2. The van der Waals surface area contributed by atoms with Crippen molar-refractivity contribution in [1.29, 1.82) is 0 Å². The Hall–Kier alpha value is -4.57. The lowest BCUT2D eigenvalue weighted by Crippen LogP contribution is -2.60. The van der Waals surface area contributed by atoms with Crippen LogP contribution in [0.5, 0.6) is 0 Å². The second-order valence-electron chi connectivity index (χ2n) is 7.70. The van der Waals surface area contributed by atoms with Crippen LogP contribution < -0.4 is 5.32 Å². The van der Waals surface area contributed by atoms with E-state index in [9.17, 15) is 35.9 Å². The molecule has 0 spiro atoms. The van der Waals surface area contributed by atoms with Crippen molar-refractivity contribution in [3.05, 3.63) is 54.1 Å². The summed E-state index contributed by atoms with van der Waals surface area (Å²) in [6.45, 7) is 0.131. The number of likely N-dealkylation sites (tertiary alicyclic amines) is 1. The van der Waals surface area contributed by atoms with Gasteiger partial charge in [0.15, 0.2) is 5.82 Å². The van der Waals surface area contributed by atoms with Crippen LogP contribution in [-0.4, -0.2) is 70.9 Å². The molecule has 37 heavy (non-hydrogen) atoms. The van der Waals surface area contributed by atoms with Gasteiger partial charge in [-0.05, 0) is 12.1 Å². The van der Waals surface area contributed by atoms with E-state index in [0.717, 1.165) is 17.2 Å². The fourth-order valence-electron chi connectivity index (χ4n) is 3.32. The van der Waals surface area contributed by atoms with Crippen LogP contribution in [0.15, 0.2) is 37.2 Å². The molecule has 3 aromatic heterocycles. The first-order valence-corrected chi connectivity index (χ1v) is 10.1. The molecule has 11 nitrogen and oxygen atoms in total. The van der Waals surface area contributed by atoms with Gasteiger partial charge in [0.25, 0.3) is 5.91 Å². The number of aromatic nitrogens is 6. The van der Waals surface area contributed by atoms with Crippen LogP contribution in [0.3, 0.4) is 0 Å². The van der Waals surface area contributed by atoms with Crippen LogP contribution in [0.2, 0.25) is 0 Å². The van der Waals surface area contributed by atoms with Crippen molar-refractivity contribution in [3.63, 3.8) is 0 Å². The number of amides is 2. The summed E-state index contributed by atoms with van der Waals surface area (Å²) in [6.07, 6.45) is -5.63. The molecule has 0 saturated carbocycles. The highest BCUT2D eigenvalue weighted by molar-refractivity contribution is 6.23. The number of carbonyl (C=O) groups excluding carboxylic acids is 1. The third kappa shape index (κ3) is 5.81. The number of hydrogen-bond acceptors (Lipinski definition) is 7. The second kappa shape index (κ2) is 9.47. The van der Waals surface area contributed by atoms with Gasteiger partial charge < -0.3 is 15.3 Å². The van der Waals surface area contributed by atoms with Crippen LogP contribution in [0, 0.1) is 0 Å². The van der Waals surface area contributed by atoms with Crippen LogP contribution in [0.25, 0.3) is 23.2 Å². The number of carboxylic acid groups (broad SMARTS) is 1. The Balaban J connectivity index is 1.68. The Morgan fingerprint density at radius 3 is 2.16 bits per heavy atom. The molecule has 0 atom stereocenters. The molecule has 4 rings (SSSR count). The van der Waals surface area contributed by atoms with E-state index in [0.29, 0.717) is 12.1 Å². The molecule has 0 radical (unpaired) electrons. The number of pyridine rings is 1. The number of carbonyl (C=O) groups is 2. The van der Waals surface area contributed by atoms with Gasteiger partial charge in [0, 0.05) is 42.8 Å². The van der Waals surface area contributed by atoms with Crippen molar-refractivity contribution >= 4 is 23.8 Å². The molecule has 3 aromatic rings. The van der Waals surface area contributed by atoms with Crippen molar-refractivity contribution in [1.82, 2.24) is 39.9 Å². The summed E-state index contributed by atoms with van der Waals surface area (Å²) < 4.78 is 79.8. The summed E-state index contributed by atoms with van der Waals surface area (Å²) in [5.41, 5.74) is -3.95. The number of rotatable bonds is 5. The molecule has 4 heterocycles. The van der Waals surface area contributed by atoms with Gasteiger partial charge in [0.2, 0.25) is 0 Å². The maximum absolute atomic E-state index is 13.1. The van der Waals surface area contributed by atoms with Crippen LogP contribution in [0.1, 0.15) is 17.0 Å². The lowest BCUT2D eigenvalue weighted by atomic mass is 10.0. The summed E-state index contributed by atoms with van der Waals surface area (Å²) in [6, 6.07) is 0.279. The molecule has 0 aromatic carbocycles. The fourth-order valence-corrected chi connectivity index (χ4v) is 3.32. The fraction of sp³-hybridized carbons (Fsp3) is 0.250. The van der Waals surface area contributed by atoms with Crippen molar-refractivity contribution in [2.75, 3.05) is 13.1 Å². The van der Waals surface area contributed by atoms with Crippen LogP contribution >= 0.6 is 0 Å². The van der Waals surface area contributed by atoms with Crippen molar-refractivity contribution in [3.8, 4) is 11.4 Å². The van der Waals surface area contributed by atoms with Gasteiger partial charge in [0.05, 0.1) is 11.6 Å². The van der Waals surface area contributed by atoms with Gasteiger partial charge >= 0.3 is 18.4 Å². The summed E-state index contributed by atoms with van der Waals surface area (Å²) in [5.74, 6) is -1.06. The lowest BCUT2D eigenvalue weighted by Gasteiger charge is -2.39. The molecule has 1 fully saturated rings. The van der Waals surface area contributed by atoms with Crippen molar-refractivity contribution < 1.29 is 41.0 Å². The lowest BCUT2D eigenvalue weighted by molar-refractivity contribution is -0.150. The Bertz CT molecular complexity index is 1320. The van der Waals surface area contributed by atoms with Crippen LogP contribution in [0.4, 0.5) is 31.1 Å². The molecule has 194 valence electrons. The SMILES string of the molecule is O=C(O)NC1CN(C(=O)/C(=C/n2cnc(-c3cc(C(F)(F)F)nc(C(F)(F)F)c3)n2)c2cncnc2)C1. The number of hydrogen-bond donors (Lipinski definition) is 2. The number of halogens is 6. The zero-order valence-corrected chi connectivity index (χ0v) is 18.2. The summed E-state index contributed by atoms with van der Waals surface area (Å²) in [7, 11) is 0. The predicted molar refractivity (Wildman–Crippen MR) is 111 cm³/mol. The number of alkyl halides is 6. The van der Waals surface area contributed by atoms with Gasteiger partial charge in [-0.1, -0.05) is 0 Å². The largest absolute Gasteiger partial charge is 0.465 e. The smallest absolute Gasteiger partial charge is 0.433 e. The Labute approximate surface area is 202 Å². The number of nitrogens with zero attached hydrogens (tertiary/aromatic N) is 7. The Kier molecular flexibility index (Phi) is 6.53. The Morgan fingerprint density at radius 2 is 1.62 bits per heavy atom. The standard InChI is InChI=1S/C20H14F6N8O3/c21-19(22,23)14-1-10(2-15(31-14)20(24,25)26)16-29-9-34(32-16)7-13(11-3-27-8-28-4-11)17(35)33-5-12(6-33)30-18(36)37/h1-4,7-9,12,30H,5-6H2,(H,36,37)/b13-7+. The molecular weight excluding hydrogens is 514 g/mol. The van der Waals surface area contributed by atoms with Gasteiger partial charge in [0.1, 0.15) is 24.0 Å². The van der Waals surface area contributed by atoms with E-state index in [2.05, 4.69) is 30.4 Å². The second-order valence-corrected chi connectivity index (χ2v) is 7.70. The summed E-state index contributed by atoms with van der Waals surface area (Å²) in [5, 5.41) is 14.9. The molecule has 17 heteroatoms. The van der Waals surface area contributed by atoms with E-state index in [1.807, 2.05) is 0 Å². The van der Waals surface area contributed by atoms with Gasteiger partial charge in [-0.3, -0.25) is 4.79 Å². The maximum atomic E-state index is 13.1. The first-order chi connectivity index (χ1) is 17.3. The first kappa shape index (κ1) is 25.5.